The molecule has 0 spiro atoms. The second-order valence-corrected chi connectivity index (χ2v) is 8.65. The fraction of sp³-hybridized carbons (Fsp3) is 0.280. The molecule has 6 nitrogen and oxygen atoms in total. The molecule has 2 aromatic carbocycles. The van der Waals surface area contributed by atoms with Crippen LogP contribution in [0.4, 0.5) is 5.69 Å². The zero-order chi connectivity index (χ0) is 22.7. The first-order valence-corrected chi connectivity index (χ1v) is 11.7. The van der Waals surface area contributed by atoms with E-state index in [4.69, 9.17) is 10.5 Å². The maximum atomic E-state index is 12.7. The number of ether oxygens (including phenoxy) is 1. The Balaban J connectivity index is 1.39. The molecular weight excluding hydrogens is 422 g/mol. The van der Waals surface area contributed by atoms with Crippen molar-refractivity contribution in [2.24, 2.45) is 11.7 Å². The zero-order valence-corrected chi connectivity index (χ0v) is 19.0. The molecule has 1 amide bonds. The molecule has 0 saturated heterocycles. The summed E-state index contributed by atoms with van der Waals surface area (Å²) < 4.78 is 5.62. The first-order valence-electron chi connectivity index (χ1n) is 10.7. The van der Waals surface area contributed by atoms with E-state index in [2.05, 4.69) is 29.7 Å². The van der Waals surface area contributed by atoms with Gasteiger partial charge in [-0.2, -0.15) is 11.3 Å². The molecule has 7 heteroatoms. The lowest BCUT2D eigenvalue weighted by Crippen LogP contribution is -2.51. The normalized spacial score (nSPS) is 14.2. The van der Waals surface area contributed by atoms with Crippen molar-refractivity contribution in [3.63, 3.8) is 0 Å². The molecule has 1 aliphatic rings. The quantitative estimate of drug-likeness (QED) is 0.402. The number of amides is 1. The molecule has 0 aliphatic heterocycles. The lowest BCUT2D eigenvalue weighted by molar-refractivity contribution is -0.148. The molecule has 0 fully saturated rings. The van der Waals surface area contributed by atoms with Crippen LogP contribution in [-0.4, -0.2) is 31.1 Å². The van der Waals surface area contributed by atoms with Crippen LogP contribution in [0.2, 0.25) is 0 Å². The van der Waals surface area contributed by atoms with Crippen LogP contribution in [0.1, 0.15) is 30.9 Å². The summed E-state index contributed by atoms with van der Waals surface area (Å²) >= 11 is 1.55. The average Bonchev–Trinajstić information content (AvgIpc) is 3.46. The van der Waals surface area contributed by atoms with E-state index in [0.29, 0.717) is 6.54 Å². The largest absolute Gasteiger partial charge is 0.464 e. The number of hydrogen-bond acceptors (Lipinski definition) is 6. The molecule has 4 rings (SSSR count). The molecule has 0 bridgehead atoms. The molecule has 0 saturated carbocycles. The van der Waals surface area contributed by atoms with E-state index in [-0.39, 0.29) is 18.4 Å². The third-order valence-electron chi connectivity index (χ3n) is 5.96. The van der Waals surface area contributed by atoms with E-state index < -0.39 is 17.9 Å². The summed E-state index contributed by atoms with van der Waals surface area (Å²) in [6.45, 7) is 4.36. The van der Waals surface area contributed by atoms with Crippen LogP contribution < -0.4 is 16.2 Å². The molecule has 2 unspecified atom stereocenters. The van der Waals surface area contributed by atoms with Gasteiger partial charge in [-0.3, -0.25) is 20.0 Å². The summed E-state index contributed by atoms with van der Waals surface area (Å²) in [5.41, 5.74) is 14.4. The highest BCUT2D eigenvalue weighted by atomic mass is 32.1. The average molecular weight is 450 g/mol. The highest BCUT2D eigenvalue weighted by molar-refractivity contribution is 7.08. The summed E-state index contributed by atoms with van der Waals surface area (Å²) in [7, 11) is 0. The van der Waals surface area contributed by atoms with Crippen molar-refractivity contribution >= 4 is 28.9 Å². The minimum atomic E-state index is -1.05. The number of hydrogen-bond donors (Lipinski definition) is 2. The Morgan fingerprint density at radius 1 is 1.09 bits per heavy atom. The maximum absolute atomic E-state index is 12.7. The van der Waals surface area contributed by atoms with Crippen molar-refractivity contribution in [2.75, 3.05) is 18.2 Å². The van der Waals surface area contributed by atoms with Gasteiger partial charge >= 0.3 is 5.97 Å². The lowest BCUT2D eigenvalue weighted by Gasteiger charge is -2.26. The van der Waals surface area contributed by atoms with Crippen LogP contribution >= 0.6 is 11.3 Å². The molecule has 0 radical (unpaired) electrons. The smallest absolute Gasteiger partial charge is 0.323 e. The van der Waals surface area contributed by atoms with Crippen molar-refractivity contribution in [3.8, 4) is 11.1 Å². The minimum absolute atomic E-state index is 0.0446. The predicted octanol–water partition coefficient (Wildman–Crippen LogP) is 3.92. The highest BCUT2D eigenvalue weighted by Crippen LogP contribution is 2.44. The first kappa shape index (κ1) is 22.0. The third kappa shape index (κ3) is 4.26. The van der Waals surface area contributed by atoms with Crippen molar-refractivity contribution in [2.45, 2.75) is 25.8 Å². The van der Waals surface area contributed by atoms with Gasteiger partial charge in [-0.15, -0.1) is 0 Å². The van der Waals surface area contributed by atoms with Gasteiger partial charge < -0.3 is 10.5 Å². The Labute approximate surface area is 192 Å². The summed E-state index contributed by atoms with van der Waals surface area (Å²) in [4.78, 5) is 25.4. The Kier molecular flexibility index (Phi) is 6.58. The molecule has 3 N–H and O–H groups in total. The SMILES string of the molecule is CCN(NC(=O)C(C)C(N)C(=O)OCC1c2ccccc2-c2ccccc21)c1ccsc1. The third-order valence-corrected chi connectivity index (χ3v) is 6.63. The number of nitrogens with zero attached hydrogens (tertiary/aromatic N) is 1. The van der Waals surface area contributed by atoms with Crippen molar-refractivity contribution in [1.29, 1.82) is 0 Å². The minimum Gasteiger partial charge on any atom is -0.464 e. The van der Waals surface area contributed by atoms with Crippen LogP contribution in [-0.2, 0) is 14.3 Å². The number of carbonyl (C=O) groups excluding carboxylic acids is 2. The van der Waals surface area contributed by atoms with E-state index >= 15 is 0 Å². The number of benzene rings is 2. The van der Waals surface area contributed by atoms with Crippen molar-refractivity contribution < 1.29 is 14.3 Å². The number of carbonyl (C=O) groups is 2. The summed E-state index contributed by atoms with van der Waals surface area (Å²) in [6.07, 6.45) is 0. The molecule has 3 aromatic rings. The molecule has 2 atom stereocenters. The Bertz CT molecular complexity index is 1050. The number of fused-ring (bicyclic) bond motifs is 3. The number of thiophene rings is 1. The Hall–Kier alpha value is -3.16. The van der Waals surface area contributed by atoms with E-state index in [1.54, 1.807) is 23.3 Å². The van der Waals surface area contributed by atoms with Crippen LogP contribution in [0.25, 0.3) is 11.1 Å². The monoisotopic (exact) mass is 449 g/mol. The van der Waals surface area contributed by atoms with Crippen molar-refractivity contribution in [3.05, 3.63) is 76.5 Å². The standard InChI is InChI=1S/C25H27N3O3S/c1-3-28(17-12-13-32-15-17)27-24(29)16(2)23(26)25(30)31-14-22-20-10-6-4-8-18(20)19-9-5-7-11-21(19)22/h4-13,15-16,22-23H,3,14,26H2,1-2H3,(H,27,29). The number of rotatable bonds is 8. The topological polar surface area (TPSA) is 84.7 Å². The van der Waals surface area contributed by atoms with E-state index in [9.17, 15) is 9.59 Å². The molecule has 166 valence electrons. The van der Waals surface area contributed by atoms with Gasteiger partial charge in [0.25, 0.3) is 0 Å². The summed E-state index contributed by atoms with van der Waals surface area (Å²) in [5, 5.41) is 5.62. The number of hydrazine groups is 1. The second kappa shape index (κ2) is 9.54. The molecule has 1 aliphatic carbocycles. The van der Waals surface area contributed by atoms with Gasteiger partial charge in [0.2, 0.25) is 5.91 Å². The molecule has 1 heterocycles. The molecule has 1 aromatic heterocycles. The number of nitrogens with two attached hydrogens (primary N) is 1. The van der Waals surface area contributed by atoms with Crippen LogP contribution in [0.5, 0.6) is 0 Å². The van der Waals surface area contributed by atoms with Gasteiger partial charge in [0.1, 0.15) is 12.6 Å². The van der Waals surface area contributed by atoms with E-state index in [1.807, 2.05) is 48.0 Å². The van der Waals surface area contributed by atoms with Crippen LogP contribution in [0.3, 0.4) is 0 Å². The van der Waals surface area contributed by atoms with Gasteiger partial charge in [0, 0.05) is 17.8 Å². The summed E-state index contributed by atoms with van der Waals surface area (Å²) in [5.74, 6) is -1.68. The highest BCUT2D eigenvalue weighted by Gasteiger charge is 2.32. The zero-order valence-electron chi connectivity index (χ0n) is 18.2. The van der Waals surface area contributed by atoms with Crippen LogP contribution in [0, 0.1) is 5.92 Å². The number of anilines is 1. The molecule has 32 heavy (non-hydrogen) atoms. The molecular formula is C25H27N3O3S. The van der Waals surface area contributed by atoms with Gasteiger partial charge in [0.05, 0.1) is 11.6 Å². The lowest BCUT2D eigenvalue weighted by atomic mass is 9.98. The predicted molar refractivity (Wildman–Crippen MR) is 127 cm³/mol. The van der Waals surface area contributed by atoms with Gasteiger partial charge in [-0.25, -0.2) is 0 Å². The maximum Gasteiger partial charge on any atom is 0.323 e. The fourth-order valence-corrected chi connectivity index (χ4v) is 4.68. The van der Waals surface area contributed by atoms with E-state index in [1.165, 1.54) is 0 Å². The van der Waals surface area contributed by atoms with Gasteiger partial charge in [-0.05, 0) is 40.6 Å². The number of nitrogens with one attached hydrogen (secondary N) is 1. The van der Waals surface area contributed by atoms with E-state index in [0.717, 1.165) is 27.9 Å². The number of esters is 1. The van der Waals surface area contributed by atoms with Crippen LogP contribution in [0.15, 0.2) is 65.4 Å². The van der Waals surface area contributed by atoms with Gasteiger partial charge in [0.15, 0.2) is 0 Å². The Morgan fingerprint density at radius 3 is 2.28 bits per heavy atom. The summed E-state index contributed by atoms with van der Waals surface area (Å²) in [6, 6.07) is 17.2. The Morgan fingerprint density at radius 2 is 1.72 bits per heavy atom. The first-order chi connectivity index (χ1) is 15.5. The second-order valence-electron chi connectivity index (χ2n) is 7.87. The van der Waals surface area contributed by atoms with Gasteiger partial charge in [-0.1, -0.05) is 55.5 Å². The van der Waals surface area contributed by atoms with Crippen molar-refractivity contribution in [1.82, 2.24) is 5.43 Å². The fourth-order valence-electron chi connectivity index (χ4n) is 4.04.